The Bertz CT molecular complexity index is 828. The van der Waals surface area contributed by atoms with Crippen molar-refractivity contribution < 1.29 is 19.0 Å². The number of rotatable bonds is 6. The number of hydrogen-bond acceptors (Lipinski definition) is 4. The zero-order valence-electron chi connectivity index (χ0n) is 15.2. The van der Waals surface area contributed by atoms with Gasteiger partial charge in [0.1, 0.15) is 17.2 Å². The van der Waals surface area contributed by atoms with Gasteiger partial charge in [0.2, 0.25) is 0 Å². The van der Waals surface area contributed by atoms with Crippen LogP contribution in [0.5, 0.6) is 17.2 Å². The Morgan fingerprint density at radius 3 is 2.59 bits per heavy atom. The third kappa shape index (κ3) is 4.58. The van der Waals surface area contributed by atoms with Crippen molar-refractivity contribution in [3.8, 4) is 17.2 Å². The van der Waals surface area contributed by atoms with Gasteiger partial charge in [0.25, 0.3) is 5.91 Å². The van der Waals surface area contributed by atoms with Crippen LogP contribution < -0.4 is 14.2 Å². The van der Waals surface area contributed by atoms with E-state index in [0.717, 1.165) is 38.8 Å². The Morgan fingerprint density at radius 1 is 1.11 bits per heavy atom. The molecule has 0 spiro atoms. The van der Waals surface area contributed by atoms with Crippen molar-refractivity contribution in [1.29, 1.82) is 0 Å². The highest BCUT2D eigenvalue weighted by Gasteiger charge is 2.32. The summed E-state index contributed by atoms with van der Waals surface area (Å²) >= 11 is 6.86. The summed E-state index contributed by atoms with van der Waals surface area (Å²) < 4.78 is 18.3. The molecule has 1 fully saturated rings. The molecule has 1 saturated heterocycles. The maximum absolute atomic E-state index is 12.8. The molecular formula is C20H21Br2NO4. The lowest BCUT2D eigenvalue weighted by atomic mass is 10.0. The number of nitrogens with zero attached hydrogens (tertiary/aromatic N) is 1. The van der Waals surface area contributed by atoms with E-state index in [0.29, 0.717) is 12.3 Å². The summed E-state index contributed by atoms with van der Waals surface area (Å²) in [5.41, 5.74) is 0.965. The second kappa shape index (κ2) is 8.97. The zero-order valence-corrected chi connectivity index (χ0v) is 18.4. The molecule has 1 amide bonds. The number of likely N-dealkylation sites (tertiary alicyclic amines) is 1. The van der Waals surface area contributed by atoms with Gasteiger partial charge in [-0.2, -0.15) is 0 Å². The Kier molecular flexibility index (Phi) is 6.65. The number of amides is 1. The Balaban J connectivity index is 1.75. The second-order valence-corrected chi connectivity index (χ2v) is 7.99. The van der Waals surface area contributed by atoms with Gasteiger partial charge in [-0.25, -0.2) is 0 Å². The monoisotopic (exact) mass is 497 g/mol. The van der Waals surface area contributed by atoms with E-state index in [9.17, 15) is 4.79 Å². The van der Waals surface area contributed by atoms with Crippen LogP contribution in [-0.2, 0) is 4.79 Å². The van der Waals surface area contributed by atoms with Crippen LogP contribution in [0.15, 0.2) is 45.3 Å². The largest absolute Gasteiger partial charge is 0.497 e. The Morgan fingerprint density at radius 2 is 1.89 bits per heavy atom. The van der Waals surface area contributed by atoms with Crippen LogP contribution in [0.2, 0.25) is 0 Å². The molecule has 1 heterocycles. The van der Waals surface area contributed by atoms with E-state index in [4.69, 9.17) is 14.2 Å². The van der Waals surface area contributed by atoms with E-state index >= 15 is 0 Å². The lowest BCUT2D eigenvalue weighted by Crippen LogP contribution is -2.34. The molecule has 0 bridgehead atoms. The molecule has 0 saturated carbocycles. The molecule has 7 heteroatoms. The molecule has 2 aromatic rings. The number of halogens is 2. The summed E-state index contributed by atoms with van der Waals surface area (Å²) in [6.45, 7) is 0.692. The van der Waals surface area contributed by atoms with E-state index in [1.807, 2.05) is 41.3 Å². The second-order valence-electron chi connectivity index (χ2n) is 6.22. The summed E-state index contributed by atoms with van der Waals surface area (Å²) in [6, 6.07) is 11.2. The molecule has 2 aromatic carbocycles. The van der Waals surface area contributed by atoms with Crippen molar-refractivity contribution in [2.45, 2.75) is 18.9 Å². The predicted molar refractivity (Wildman–Crippen MR) is 111 cm³/mol. The van der Waals surface area contributed by atoms with Crippen molar-refractivity contribution in [3.05, 3.63) is 50.9 Å². The standard InChI is InChI=1S/C20H21Br2NO4/c1-25-14-6-8-18(26-2)15(11-14)17-4-3-9-23(17)20(24)12-27-19-7-5-13(21)10-16(19)22/h5-8,10-11,17H,3-4,9,12H2,1-2H3/t17-/m0/s1. The number of ether oxygens (including phenoxy) is 3. The van der Waals surface area contributed by atoms with Crippen molar-refractivity contribution in [2.24, 2.45) is 0 Å². The normalized spacial score (nSPS) is 16.3. The lowest BCUT2D eigenvalue weighted by Gasteiger charge is -2.26. The highest BCUT2D eigenvalue weighted by Crippen LogP contribution is 2.39. The minimum Gasteiger partial charge on any atom is -0.497 e. The van der Waals surface area contributed by atoms with E-state index in [-0.39, 0.29) is 18.6 Å². The number of carbonyl (C=O) groups is 1. The first-order valence-corrected chi connectivity index (χ1v) is 10.2. The van der Waals surface area contributed by atoms with Gasteiger partial charge in [-0.05, 0) is 65.2 Å². The van der Waals surface area contributed by atoms with Crippen LogP contribution >= 0.6 is 31.9 Å². The van der Waals surface area contributed by atoms with Crippen molar-refractivity contribution in [1.82, 2.24) is 4.90 Å². The fourth-order valence-corrected chi connectivity index (χ4v) is 4.46. The van der Waals surface area contributed by atoms with Gasteiger partial charge in [-0.15, -0.1) is 0 Å². The average molecular weight is 499 g/mol. The summed E-state index contributed by atoms with van der Waals surface area (Å²) in [5.74, 6) is 2.11. The van der Waals surface area contributed by atoms with Crippen molar-refractivity contribution >= 4 is 37.8 Å². The van der Waals surface area contributed by atoms with Gasteiger partial charge in [0.15, 0.2) is 6.61 Å². The number of methoxy groups -OCH3 is 2. The molecule has 1 atom stereocenters. The third-order valence-corrected chi connectivity index (χ3v) is 5.73. The molecule has 5 nitrogen and oxygen atoms in total. The van der Waals surface area contributed by atoms with Crippen LogP contribution in [0.4, 0.5) is 0 Å². The van der Waals surface area contributed by atoms with Gasteiger partial charge in [0, 0.05) is 16.6 Å². The number of carbonyl (C=O) groups excluding carboxylic acids is 1. The maximum atomic E-state index is 12.8. The molecule has 0 radical (unpaired) electrons. The van der Waals surface area contributed by atoms with E-state index in [1.165, 1.54) is 0 Å². The molecule has 144 valence electrons. The molecule has 0 aromatic heterocycles. The minimum atomic E-state index is -0.0443. The summed E-state index contributed by atoms with van der Waals surface area (Å²) in [4.78, 5) is 14.7. The van der Waals surface area contributed by atoms with Crippen LogP contribution in [0.3, 0.4) is 0 Å². The average Bonchev–Trinajstić information content (AvgIpc) is 3.16. The van der Waals surface area contributed by atoms with Crippen molar-refractivity contribution in [2.75, 3.05) is 27.4 Å². The third-order valence-electron chi connectivity index (χ3n) is 4.61. The van der Waals surface area contributed by atoms with Gasteiger partial charge in [-0.3, -0.25) is 4.79 Å². The van der Waals surface area contributed by atoms with E-state index in [1.54, 1.807) is 14.2 Å². The highest BCUT2D eigenvalue weighted by atomic mass is 79.9. The molecule has 0 unspecified atom stereocenters. The lowest BCUT2D eigenvalue weighted by molar-refractivity contribution is -0.134. The van der Waals surface area contributed by atoms with Crippen molar-refractivity contribution in [3.63, 3.8) is 0 Å². The SMILES string of the molecule is COc1ccc(OC)c([C@@H]2CCCN2C(=O)COc2ccc(Br)cc2Br)c1. The highest BCUT2D eigenvalue weighted by molar-refractivity contribution is 9.11. The Labute approximate surface area is 175 Å². The summed E-state index contributed by atoms with van der Waals surface area (Å²) in [6.07, 6.45) is 1.83. The van der Waals surface area contributed by atoms with Gasteiger partial charge >= 0.3 is 0 Å². The van der Waals surface area contributed by atoms with E-state index < -0.39 is 0 Å². The summed E-state index contributed by atoms with van der Waals surface area (Å²) in [5, 5.41) is 0. The molecule has 3 rings (SSSR count). The smallest absolute Gasteiger partial charge is 0.261 e. The number of hydrogen-bond donors (Lipinski definition) is 0. The minimum absolute atomic E-state index is 0.0109. The van der Waals surface area contributed by atoms with Crippen LogP contribution in [0.25, 0.3) is 0 Å². The number of benzene rings is 2. The van der Waals surface area contributed by atoms with Gasteiger partial charge in [-0.1, -0.05) is 15.9 Å². The first-order chi connectivity index (χ1) is 13.0. The van der Waals surface area contributed by atoms with Gasteiger partial charge < -0.3 is 19.1 Å². The molecule has 0 N–H and O–H groups in total. The van der Waals surface area contributed by atoms with Crippen LogP contribution in [0.1, 0.15) is 24.4 Å². The summed E-state index contributed by atoms with van der Waals surface area (Å²) in [7, 11) is 3.27. The first-order valence-electron chi connectivity index (χ1n) is 8.62. The fraction of sp³-hybridized carbons (Fsp3) is 0.350. The van der Waals surface area contributed by atoms with Crippen LogP contribution in [0, 0.1) is 0 Å². The van der Waals surface area contributed by atoms with Crippen LogP contribution in [-0.4, -0.2) is 38.2 Å². The molecule has 0 aliphatic carbocycles. The maximum Gasteiger partial charge on any atom is 0.261 e. The zero-order chi connectivity index (χ0) is 19.4. The van der Waals surface area contributed by atoms with E-state index in [2.05, 4.69) is 31.9 Å². The van der Waals surface area contributed by atoms with Gasteiger partial charge in [0.05, 0.1) is 24.7 Å². The quantitative estimate of drug-likeness (QED) is 0.564. The first kappa shape index (κ1) is 20.0. The fourth-order valence-electron chi connectivity index (χ4n) is 3.30. The molecular weight excluding hydrogens is 478 g/mol. The predicted octanol–water partition coefficient (Wildman–Crippen LogP) is 4.97. The Hall–Kier alpha value is -1.73. The molecule has 1 aliphatic heterocycles. The molecule has 27 heavy (non-hydrogen) atoms. The topological polar surface area (TPSA) is 48.0 Å². The molecule has 1 aliphatic rings.